The third-order valence-electron chi connectivity index (χ3n) is 1.53. The van der Waals surface area contributed by atoms with Gasteiger partial charge < -0.3 is 10.2 Å². The minimum absolute atomic E-state index is 0.267. The standard InChI is InChI=1S/C8H5F3O3/c9-8(10,11)6-3-4(12)1-2-5(6)7(13)14/h1-3,12H,(H,13,14)/p-1. The van der Waals surface area contributed by atoms with Crippen molar-refractivity contribution < 1.29 is 28.2 Å². The van der Waals surface area contributed by atoms with Gasteiger partial charge in [0.1, 0.15) is 0 Å². The number of alkyl halides is 3. The van der Waals surface area contributed by atoms with Crippen molar-refractivity contribution in [2.24, 2.45) is 0 Å². The maximum atomic E-state index is 12.2. The van der Waals surface area contributed by atoms with Crippen molar-refractivity contribution in [1.29, 1.82) is 0 Å². The van der Waals surface area contributed by atoms with Gasteiger partial charge in [-0.1, -0.05) is 12.1 Å². The molecule has 0 aliphatic heterocycles. The van der Waals surface area contributed by atoms with E-state index in [1.807, 2.05) is 0 Å². The topological polar surface area (TPSA) is 60.4 Å². The lowest BCUT2D eigenvalue weighted by atomic mass is 10.1. The van der Waals surface area contributed by atoms with Gasteiger partial charge in [-0.15, -0.1) is 5.75 Å². The van der Waals surface area contributed by atoms with Gasteiger partial charge in [-0.05, 0) is 6.07 Å². The van der Waals surface area contributed by atoms with Crippen molar-refractivity contribution in [1.82, 2.24) is 0 Å². The Balaban J connectivity index is 3.38. The molecule has 0 aliphatic carbocycles. The molecule has 0 aromatic heterocycles. The van der Waals surface area contributed by atoms with Gasteiger partial charge in [-0.2, -0.15) is 13.2 Å². The van der Waals surface area contributed by atoms with Crippen LogP contribution < -0.4 is 5.11 Å². The number of aromatic carboxylic acids is 1. The predicted octanol–water partition coefficient (Wildman–Crippen LogP) is 1.48. The van der Waals surface area contributed by atoms with Crippen molar-refractivity contribution >= 4 is 5.97 Å². The molecule has 0 fully saturated rings. The molecular formula is C8H4F3O3-. The summed E-state index contributed by atoms with van der Waals surface area (Å²) in [6, 6.07) is 1.69. The predicted molar refractivity (Wildman–Crippen MR) is 37.8 cm³/mol. The van der Waals surface area contributed by atoms with E-state index < -0.39 is 29.0 Å². The number of carbonyl (C=O) groups is 1. The molecule has 0 saturated carbocycles. The molecule has 0 unspecified atom stereocenters. The number of hydrogen-bond donors (Lipinski definition) is 1. The van der Waals surface area contributed by atoms with Crippen LogP contribution in [0.2, 0.25) is 0 Å². The van der Waals surface area contributed by atoms with Crippen LogP contribution in [0.3, 0.4) is 0 Å². The molecule has 1 aromatic rings. The van der Waals surface area contributed by atoms with Crippen LogP contribution in [-0.2, 0) is 6.18 Å². The summed E-state index contributed by atoms with van der Waals surface area (Å²) < 4.78 is 36.6. The first-order valence-corrected chi connectivity index (χ1v) is 3.44. The number of carboxylic acid groups (broad SMARTS) is 1. The lowest BCUT2D eigenvalue weighted by Crippen LogP contribution is -2.13. The first-order valence-electron chi connectivity index (χ1n) is 3.44. The van der Waals surface area contributed by atoms with Crippen molar-refractivity contribution in [3.05, 3.63) is 29.3 Å². The fourth-order valence-corrected chi connectivity index (χ4v) is 0.944. The Hall–Kier alpha value is -1.72. The molecule has 1 rings (SSSR count). The van der Waals surface area contributed by atoms with Crippen molar-refractivity contribution in [2.75, 3.05) is 0 Å². The normalized spacial score (nSPS) is 11.4. The van der Waals surface area contributed by atoms with Gasteiger partial charge >= 0.3 is 12.1 Å². The summed E-state index contributed by atoms with van der Waals surface area (Å²) in [5.41, 5.74) is -2.34. The first-order chi connectivity index (χ1) is 6.32. The minimum atomic E-state index is -4.83. The summed E-state index contributed by atoms with van der Waals surface area (Å²) in [7, 11) is 0. The number of carboxylic acids is 1. The molecular weight excluding hydrogens is 201 g/mol. The molecule has 3 nitrogen and oxygen atoms in total. The zero-order valence-electron chi connectivity index (χ0n) is 6.63. The van der Waals surface area contributed by atoms with Gasteiger partial charge in [0.05, 0.1) is 11.1 Å². The van der Waals surface area contributed by atoms with E-state index >= 15 is 0 Å². The smallest absolute Gasteiger partial charge is 0.417 e. The molecule has 0 heterocycles. The van der Waals surface area contributed by atoms with Gasteiger partial charge in [-0.3, -0.25) is 0 Å². The average Bonchev–Trinajstić information content (AvgIpc) is 2.01. The Kier molecular flexibility index (Phi) is 2.37. The van der Waals surface area contributed by atoms with E-state index in [0.717, 1.165) is 6.07 Å². The number of benzene rings is 1. The van der Waals surface area contributed by atoms with Crippen LogP contribution in [-0.4, -0.2) is 11.1 Å². The maximum absolute atomic E-state index is 12.2. The Morgan fingerprint density at radius 2 is 1.93 bits per heavy atom. The van der Waals surface area contributed by atoms with Gasteiger partial charge in [0.25, 0.3) is 0 Å². The van der Waals surface area contributed by atoms with Crippen LogP contribution in [0, 0.1) is 0 Å². The highest BCUT2D eigenvalue weighted by molar-refractivity contribution is 5.89. The molecule has 0 amide bonds. The van der Waals surface area contributed by atoms with Crippen LogP contribution >= 0.6 is 0 Å². The molecule has 0 saturated heterocycles. The SMILES string of the molecule is O=C(O)c1ccc([O-])cc1C(F)(F)F. The third-order valence-corrected chi connectivity index (χ3v) is 1.53. The molecule has 0 aliphatic rings. The van der Waals surface area contributed by atoms with Crippen LogP contribution in [0.4, 0.5) is 13.2 Å². The second kappa shape index (κ2) is 3.21. The first kappa shape index (κ1) is 10.4. The minimum Gasteiger partial charge on any atom is -0.872 e. The molecule has 76 valence electrons. The molecule has 0 bridgehead atoms. The molecule has 0 atom stereocenters. The molecule has 1 aromatic carbocycles. The fraction of sp³-hybridized carbons (Fsp3) is 0.125. The summed E-state index contributed by atoms with van der Waals surface area (Å²) >= 11 is 0. The summed E-state index contributed by atoms with van der Waals surface area (Å²) in [6.07, 6.45) is -4.83. The van der Waals surface area contributed by atoms with E-state index in [2.05, 4.69) is 0 Å². The monoisotopic (exact) mass is 205 g/mol. The van der Waals surface area contributed by atoms with Gasteiger partial charge in [-0.25, -0.2) is 4.79 Å². The van der Waals surface area contributed by atoms with Crippen molar-refractivity contribution in [2.45, 2.75) is 6.18 Å². The summed E-state index contributed by atoms with van der Waals surface area (Å²) in [6.45, 7) is 0. The van der Waals surface area contributed by atoms with Crippen LogP contribution in [0.1, 0.15) is 15.9 Å². The highest BCUT2D eigenvalue weighted by Gasteiger charge is 2.34. The van der Waals surface area contributed by atoms with Crippen LogP contribution in [0.5, 0.6) is 5.75 Å². The summed E-state index contributed by atoms with van der Waals surface area (Å²) in [5, 5.41) is 19.0. The number of rotatable bonds is 1. The molecule has 6 heteroatoms. The van der Waals surface area contributed by atoms with E-state index in [1.165, 1.54) is 0 Å². The lowest BCUT2D eigenvalue weighted by molar-refractivity contribution is -0.269. The van der Waals surface area contributed by atoms with E-state index in [9.17, 15) is 23.1 Å². The Morgan fingerprint density at radius 3 is 2.36 bits per heavy atom. The molecule has 0 radical (unpaired) electrons. The van der Waals surface area contributed by atoms with E-state index in [1.54, 1.807) is 0 Å². The Morgan fingerprint density at radius 1 is 1.36 bits per heavy atom. The van der Waals surface area contributed by atoms with Gasteiger partial charge in [0.2, 0.25) is 0 Å². The third kappa shape index (κ3) is 1.95. The Bertz CT molecular complexity index is 371. The number of hydrogen-bond acceptors (Lipinski definition) is 2. The highest BCUT2D eigenvalue weighted by Crippen LogP contribution is 2.33. The average molecular weight is 205 g/mol. The van der Waals surface area contributed by atoms with E-state index in [0.29, 0.717) is 6.07 Å². The van der Waals surface area contributed by atoms with E-state index in [-0.39, 0.29) is 6.07 Å². The van der Waals surface area contributed by atoms with Crippen LogP contribution in [0.25, 0.3) is 0 Å². The summed E-state index contributed by atoms with van der Waals surface area (Å²) in [5.74, 6) is -2.58. The van der Waals surface area contributed by atoms with Gasteiger partial charge in [0.15, 0.2) is 0 Å². The van der Waals surface area contributed by atoms with Crippen molar-refractivity contribution in [3.8, 4) is 5.75 Å². The Labute approximate surface area is 76.4 Å². The largest absolute Gasteiger partial charge is 0.872 e. The molecule has 0 spiro atoms. The van der Waals surface area contributed by atoms with E-state index in [4.69, 9.17) is 5.11 Å². The number of halogens is 3. The molecule has 1 N–H and O–H groups in total. The lowest BCUT2D eigenvalue weighted by Gasteiger charge is -2.13. The maximum Gasteiger partial charge on any atom is 0.417 e. The summed E-state index contributed by atoms with van der Waals surface area (Å²) in [4.78, 5) is 10.4. The quantitative estimate of drug-likeness (QED) is 0.755. The highest BCUT2D eigenvalue weighted by atomic mass is 19.4. The second-order valence-corrected chi connectivity index (χ2v) is 2.51. The van der Waals surface area contributed by atoms with Gasteiger partial charge in [0, 0.05) is 0 Å². The zero-order valence-corrected chi connectivity index (χ0v) is 6.63. The zero-order chi connectivity index (χ0) is 10.9. The molecule has 14 heavy (non-hydrogen) atoms. The fourth-order valence-electron chi connectivity index (χ4n) is 0.944. The van der Waals surface area contributed by atoms with Crippen LogP contribution in [0.15, 0.2) is 18.2 Å². The second-order valence-electron chi connectivity index (χ2n) is 2.51. The van der Waals surface area contributed by atoms with Crippen molar-refractivity contribution in [3.63, 3.8) is 0 Å².